The van der Waals surface area contributed by atoms with Crippen molar-refractivity contribution >= 4 is 5.97 Å². The molecule has 1 aromatic rings. The number of carboxylic acids is 1. The molecule has 4 nitrogen and oxygen atoms in total. The quantitative estimate of drug-likeness (QED) is 0.715. The van der Waals surface area contributed by atoms with Gasteiger partial charge in [-0.05, 0) is 49.9 Å². The predicted molar refractivity (Wildman–Crippen MR) is 64.6 cm³/mol. The van der Waals surface area contributed by atoms with Crippen molar-refractivity contribution in [3.8, 4) is 5.75 Å². The van der Waals surface area contributed by atoms with Gasteiger partial charge in [0.25, 0.3) is 0 Å². The third-order valence-electron chi connectivity index (χ3n) is 2.50. The molecule has 4 heteroatoms. The smallest absolute Gasteiger partial charge is 0.335 e. The summed E-state index contributed by atoms with van der Waals surface area (Å²) in [7, 11) is 0. The van der Waals surface area contributed by atoms with Crippen molar-refractivity contribution in [1.82, 2.24) is 0 Å². The predicted octanol–water partition coefficient (Wildman–Crippen LogP) is 2.23. The van der Waals surface area contributed by atoms with Gasteiger partial charge in [0.15, 0.2) is 0 Å². The zero-order chi connectivity index (χ0) is 12.7. The second kappa shape index (κ2) is 6.91. The van der Waals surface area contributed by atoms with Gasteiger partial charge in [-0.1, -0.05) is 0 Å². The van der Waals surface area contributed by atoms with E-state index in [9.17, 15) is 4.79 Å². The second-order valence-electron chi connectivity index (χ2n) is 3.91. The largest absolute Gasteiger partial charge is 0.494 e. The minimum atomic E-state index is -0.919. The van der Waals surface area contributed by atoms with Crippen molar-refractivity contribution in [2.24, 2.45) is 0 Å². The molecular formula is C13H18O4. The van der Waals surface area contributed by atoms with Crippen LogP contribution < -0.4 is 4.74 Å². The Labute approximate surface area is 101 Å². The first-order chi connectivity index (χ1) is 8.15. The van der Waals surface area contributed by atoms with Crippen LogP contribution in [-0.4, -0.2) is 29.4 Å². The number of ether oxygens (including phenoxy) is 1. The number of carbonyl (C=O) groups is 1. The average Bonchev–Trinajstić information content (AvgIpc) is 2.28. The van der Waals surface area contributed by atoms with Crippen LogP contribution in [0, 0.1) is 6.92 Å². The Hall–Kier alpha value is -1.55. The van der Waals surface area contributed by atoms with Crippen molar-refractivity contribution in [2.45, 2.75) is 26.2 Å². The molecule has 0 radical (unpaired) electrons. The van der Waals surface area contributed by atoms with Gasteiger partial charge in [0.2, 0.25) is 0 Å². The van der Waals surface area contributed by atoms with Crippen LogP contribution in [0.5, 0.6) is 5.75 Å². The molecule has 0 aliphatic heterocycles. The van der Waals surface area contributed by atoms with Gasteiger partial charge in [0.05, 0.1) is 12.2 Å². The van der Waals surface area contributed by atoms with E-state index in [1.54, 1.807) is 25.1 Å². The lowest BCUT2D eigenvalue weighted by molar-refractivity contribution is 0.0696. The lowest BCUT2D eigenvalue weighted by Gasteiger charge is -2.08. The van der Waals surface area contributed by atoms with E-state index in [0.29, 0.717) is 23.5 Å². The second-order valence-corrected chi connectivity index (χ2v) is 3.91. The van der Waals surface area contributed by atoms with E-state index >= 15 is 0 Å². The minimum Gasteiger partial charge on any atom is -0.494 e. The standard InChI is InChI=1S/C13H18O4/c1-10-9-11(5-6-12(10)13(15)16)17-8-4-2-3-7-14/h5-6,9,14H,2-4,7-8H2,1H3,(H,15,16). The minimum absolute atomic E-state index is 0.215. The van der Waals surface area contributed by atoms with E-state index in [-0.39, 0.29) is 6.61 Å². The topological polar surface area (TPSA) is 66.8 Å². The van der Waals surface area contributed by atoms with Gasteiger partial charge in [-0.15, -0.1) is 0 Å². The molecule has 0 saturated carbocycles. The molecule has 2 N–H and O–H groups in total. The third kappa shape index (κ3) is 4.44. The average molecular weight is 238 g/mol. The Morgan fingerprint density at radius 1 is 1.29 bits per heavy atom. The molecule has 0 fully saturated rings. The zero-order valence-electron chi connectivity index (χ0n) is 9.98. The third-order valence-corrected chi connectivity index (χ3v) is 2.50. The molecule has 0 aliphatic rings. The maximum absolute atomic E-state index is 10.8. The lowest BCUT2D eigenvalue weighted by atomic mass is 10.1. The number of aliphatic hydroxyl groups excluding tert-OH is 1. The maximum Gasteiger partial charge on any atom is 0.335 e. The fraction of sp³-hybridized carbons (Fsp3) is 0.462. The van der Waals surface area contributed by atoms with E-state index < -0.39 is 5.97 Å². The summed E-state index contributed by atoms with van der Waals surface area (Å²) in [5, 5.41) is 17.5. The number of aromatic carboxylic acids is 1. The van der Waals surface area contributed by atoms with E-state index in [4.69, 9.17) is 14.9 Å². The molecule has 94 valence electrons. The van der Waals surface area contributed by atoms with Crippen LogP contribution in [0.1, 0.15) is 35.2 Å². The fourth-order valence-electron chi connectivity index (χ4n) is 1.55. The van der Waals surface area contributed by atoms with Crippen LogP contribution in [-0.2, 0) is 0 Å². The molecule has 0 saturated heterocycles. The highest BCUT2D eigenvalue weighted by atomic mass is 16.5. The van der Waals surface area contributed by atoms with Crippen molar-refractivity contribution in [1.29, 1.82) is 0 Å². The van der Waals surface area contributed by atoms with Crippen LogP contribution >= 0.6 is 0 Å². The lowest BCUT2D eigenvalue weighted by Crippen LogP contribution is -2.02. The highest BCUT2D eigenvalue weighted by Gasteiger charge is 2.07. The van der Waals surface area contributed by atoms with Gasteiger partial charge in [-0.3, -0.25) is 0 Å². The van der Waals surface area contributed by atoms with Gasteiger partial charge >= 0.3 is 5.97 Å². The molecule has 0 unspecified atom stereocenters. The molecule has 1 aromatic carbocycles. The Morgan fingerprint density at radius 2 is 2.06 bits per heavy atom. The van der Waals surface area contributed by atoms with Crippen molar-refractivity contribution in [3.05, 3.63) is 29.3 Å². The van der Waals surface area contributed by atoms with Crippen LogP contribution in [0.3, 0.4) is 0 Å². The molecule has 0 amide bonds. The number of rotatable bonds is 7. The summed E-state index contributed by atoms with van der Waals surface area (Å²) in [6.07, 6.45) is 2.61. The van der Waals surface area contributed by atoms with Gasteiger partial charge in [-0.2, -0.15) is 0 Å². The normalized spacial score (nSPS) is 10.2. The number of hydrogen-bond acceptors (Lipinski definition) is 3. The fourth-order valence-corrected chi connectivity index (χ4v) is 1.55. The van der Waals surface area contributed by atoms with Gasteiger partial charge in [0.1, 0.15) is 5.75 Å². The number of benzene rings is 1. The Bertz CT molecular complexity index is 374. The first-order valence-corrected chi connectivity index (χ1v) is 5.72. The molecule has 17 heavy (non-hydrogen) atoms. The number of hydrogen-bond donors (Lipinski definition) is 2. The highest BCUT2D eigenvalue weighted by Crippen LogP contribution is 2.17. The van der Waals surface area contributed by atoms with Gasteiger partial charge < -0.3 is 14.9 Å². The SMILES string of the molecule is Cc1cc(OCCCCCO)ccc1C(=O)O. The summed E-state index contributed by atoms with van der Waals surface area (Å²) in [5.74, 6) is -0.228. The van der Waals surface area contributed by atoms with Gasteiger partial charge in [0, 0.05) is 6.61 Å². The van der Waals surface area contributed by atoms with E-state index in [2.05, 4.69) is 0 Å². The summed E-state index contributed by atoms with van der Waals surface area (Å²) in [4.78, 5) is 10.8. The molecule has 1 rings (SSSR count). The molecule has 0 heterocycles. The highest BCUT2D eigenvalue weighted by molar-refractivity contribution is 5.89. The first kappa shape index (κ1) is 13.5. The van der Waals surface area contributed by atoms with Gasteiger partial charge in [-0.25, -0.2) is 4.79 Å². The van der Waals surface area contributed by atoms with E-state index in [1.807, 2.05) is 0 Å². The Kier molecular flexibility index (Phi) is 5.49. The Balaban J connectivity index is 2.45. The summed E-state index contributed by atoms with van der Waals surface area (Å²) in [6, 6.07) is 4.96. The number of unbranched alkanes of at least 4 members (excludes halogenated alkanes) is 2. The molecule has 0 atom stereocenters. The zero-order valence-corrected chi connectivity index (χ0v) is 9.98. The molecular weight excluding hydrogens is 220 g/mol. The monoisotopic (exact) mass is 238 g/mol. The molecule has 0 bridgehead atoms. The molecule has 0 aromatic heterocycles. The summed E-state index contributed by atoms with van der Waals surface area (Å²) >= 11 is 0. The van der Waals surface area contributed by atoms with Crippen molar-refractivity contribution in [3.63, 3.8) is 0 Å². The van der Waals surface area contributed by atoms with Crippen LogP contribution in [0.15, 0.2) is 18.2 Å². The summed E-state index contributed by atoms with van der Waals surface area (Å²) in [5.41, 5.74) is 1.00. The maximum atomic E-state index is 10.8. The first-order valence-electron chi connectivity index (χ1n) is 5.72. The summed E-state index contributed by atoms with van der Waals surface area (Å²) < 4.78 is 5.49. The van der Waals surface area contributed by atoms with E-state index in [0.717, 1.165) is 19.3 Å². The molecule has 0 aliphatic carbocycles. The number of carboxylic acid groups (broad SMARTS) is 1. The summed E-state index contributed by atoms with van der Waals surface area (Å²) in [6.45, 7) is 2.56. The van der Waals surface area contributed by atoms with Crippen LogP contribution in [0.25, 0.3) is 0 Å². The number of aliphatic hydroxyl groups is 1. The Morgan fingerprint density at radius 3 is 2.65 bits per heavy atom. The van der Waals surface area contributed by atoms with Crippen molar-refractivity contribution in [2.75, 3.05) is 13.2 Å². The van der Waals surface area contributed by atoms with Crippen molar-refractivity contribution < 1.29 is 19.7 Å². The van der Waals surface area contributed by atoms with Crippen LogP contribution in [0.2, 0.25) is 0 Å². The number of aryl methyl sites for hydroxylation is 1. The van der Waals surface area contributed by atoms with E-state index in [1.165, 1.54) is 0 Å². The molecule has 0 spiro atoms. The van der Waals surface area contributed by atoms with Crippen LogP contribution in [0.4, 0.5) is 0 Å².